The van der Waals surface area contributed by atoms with Gasteiger partial charge in [-0.2, -0.15) is 13.2 Å². The van der Waals surface area contributed by atoms with E-state index in [1.807, 2.05) is 19.1 Å². The summed E-state index contributed by atoms with van der Waals surface area (Å²) in [5, 5.41) is 1.03. The van der Waals surface area contributed by atoms with Crippen LogP contribution in [-0.4, -0.2) is 37.0 Å². The third kappa shape index (κ3) is 3.49. The monoisotopic (exact) mass is 289 g/mol. The SMILES string of the molecule is Cc1ccc(C2COCCN2OC(=O)C(F)(F)F)cc1. The second-order valence-corrected chi connectivity index (χ2v) is 4.52. The summed E-state index contributed by atoms with van der Waals surface area (Å²) >= 11 is 0. The van der Waals surface area contributed by atoms with Gasteiger partial charge in [0, 0.05) is 0 Å². The van der Waals surface area contributed by atoms with E-state index < -0.39 is 18.2 Å². The summed E-state index contributed by atoms with van der Waals surface area (Å²) in [7, 11) is 0. The van der Waals surface area contributed by atoms with E-state index in [1.54, 1.807) is 12.1 Å². The van der Waals surface area contributed by atoms with Gasteiger partial charge in [-0.25, -0.2) is 4.79 Å². The van der Waals surface area contributed by atoms with Crippen molar-refractivity contribution in [3.8, 4) is 0 Å². The Kier molecular flexibility index (Phi) is 4.29. The largest absolute Gasteiger partial charge is 0.492 e. The van der Waals surface area contributed by atoms with Crippen LogP contribution in [0.3, 0.4) is 0 Å². The normalized spacial score (nSPS) is 20.7. The quantitative estimate of drug-likeness (QED) is 0.838. The molecule has 0 saturated carbocycles. The Morgan fingerprint density at radius 2 is 2.00 bits per heavy atom. The van der Waals surface area contributed by atoms with Crippen molar-refractivity contribution < 1.29 is 27.5 Å². The number of ether oxygens (including phenoxy) is 1. The number of halogens is 3. The Morgan fingerprint density at radius 3 is 2.60 bits per heavy atom. The zero-order chi connectivity index (χ0) is 14.8. The van der Waals surface area contributed by atoms with E-state index in [4.69, 9.17) is 4.74 Å². The van der Waals surface area contributed by atoms with Gasteiger partial charge < -0.3 is 9.57 Å². The molecule has 0 spiro atoms. The van der Waals surface area contributed by atoms with E-state index in [-0.39, 0.29) is 19.8 Å². The van der Waals surface area contributed by atoms with Crippen molar-refractivity contribution in [2.75, 3.05) is 19.8 Å². The average Bonchev–Trinajstić information content (AvgIpc) is 2.39. The van der Waals surface area contributed by atoms with E-state index in [0.29, 0.717) is 0 Å². The highest BCUT2D eigenvalue weighted by Gasteiger charge is 2.44. The predicted octanol–water partition coefficient (Wildman–Crippen LogP) is 2.39. The molecule has 1 aromatic carbocycles. The van der Waals surface area contributed by atoms with E-state index >= 15 is 0 Å². The first-order chi connectivity index (χ1) is 9.38. The van der Waals surface area contributed by atoms with Gasteiger partial charge in [0.2, 0.25) is 0 Å². The Morgan fingerprint density at radius 1 is 1.35 bits per heavy atom. The minimum atomic E-state index is -5.00. The molecule has 7 heteroatoms. The van der Waals surface area contributed by atoms with E-state index in [1.165, 1.54) is 0 Å². The first kappa shape index (κ1) is 14.8. The molecule has 1 aliphatic heterocycles. The molecule has 2 rings (SSSR count). The average molecular weight is 289 g/mol. The fourth-order valence-corrected chi connectivity index (χ4v) is 1.91. The Hall–Kier alpha value is -1.60. The number of carbonyl (C=O) groups is 1. The number of morpholine rings is 1. The summed E-state index contributed by atoms with van der Waals surface area (Å²) in [6.45, 7) is 2.39. The van der Waals surface area contributed by atoms with Gasteiger partial charge >= 0.3 is 12.1 Å². The molecule has 1 atom stereocenters. The van der Waals surface area contributed by atoms with E-state index in [9.17, 15) is 18.0 Å². The molecule has 20 heavy (non-hydrogen) atoms. The van der Waals surface area contributed by atoms with Gasteiger partial charge in [0.25, 0.3) is 0 Å². The molecular weight excluding hydrogens is 275 g/mol. The van der Waals surface area contributed by atoms with Crippen molar-refractivity contribution in [2.45, 2.75) is 19.1 Å². The third-order valence-electron chi connectivity index (χ3n) is 2.97. The number of nitrogens with zero attached hydrogens (tertiary/aromatic N) is 1. The summed E-state index contributed by atoms with van der Waals surface area (Å²) in [5.41, 5.74) is 1.77. The lowest BCUT2D eigenvalue weighted by molar-refractivity contribution is -0.260. The second-order valence-electron chi connectivity index (χ2n) is 4.52. The molecule has 0 N–H and O–H groups in total. The topological polar surface area (TPSA) is 38.8 Å². The molecule has 1 aliphatic rings. The number of hydrogen-bond acceptors (Lipinski definition) is 4. The van der Waals surface area contributed by atoms with Crippen molar-refractivity contribution in [3.63, 3.8) is 0 Å². The highest BCUT2D eigenvalue weighted by Crippen LogP contribution is 2.27. The molecule has 1 saturated heterocycles. The molecule has 1 heterocycles. The van der Waals surface area contributed by atoms with Crippen molar-refractivity contribution in [1.29, 1.82) is 0 Å². The summed E-state index contributed by atoms with van der Waals surface area (Å²) < 4.78 is 42.0. The molecule has 1 fully saturated rings. The highest BCUT2D eigenvalue weighted by molar-refractivity contribution is 5.75. The van der Waals surface area contributed by atoms with Crippen LogP contribution in [0.2, 0.25) is 0 Å². The Labute approximate surface area is 114 Å². The maximum Gasteiger partial charge on any atom is 0.492 e. The number of benzene rings is 1. The molecular formula is C13H14F3NO3. The molecule has 0 bridgehead atoms. The first-order valence-electron chi connectivity index (χ1n) is 6.08. The summed E-state index contributed by atoms with van der Waals surface area (Å²) in [6.07, 6.45) is -5.00. The first-order valence-corrected chi connectivity index (χ1v) is 6.08. The van der Waals surface area contributed by atoms with Crippen LogP contribution in [0.25, 0.3) is 0 Å². The maximum absolute atomic E-state index is 12.3. The van der Waals surface area contributed by atoms with Crippen LogP contribution in [0, 0.1) is 6.92 Å². The molecule has 0 radical (unpaired) electrons. The highest BCUT2D eigenvalue weighted by atomic mass is 19.4. The van der Waals surface area contributed by atoms with Crippen molar-refractivity contribution in [2.24, 2.45) is 0 Å². The summed E-state index contributed by atoms with van der Waals surface area (Å²) in [4.78, 5) is 15.4. The van der Waals surface area contributed by atoms with Gasteiger partial charge in [-0.1, -0.05) is 29.8 Å². The lowest BCUT2D eigenvalue weighted by atomic mass is 10.0. The molecule has 0 amide bonds. The van der Waals surface area contributed by atoms with Crippen LogP contribution >= 0.6 is 0 Å². The number of alkyl halides is 3. The van der Waals surface area contributed by atoms with Crippen LogP contribution in [0.15, 0.2) is 24.3 Å². The van der Waals surface area contributed by atoms with Crippen molar-refractivity contribution in [1.82, 2.24) is 5.06 Å². The van der Waals surface area contributed by atoms with Gasteiger partial charge in [0.05, 0.1) is 25.8 Å². The standard InChI is InChI=1S/C13H14F3NO3/c1-9-2-4-10(5-3-9)11-8-19-7-6-17(11)20-12(18)13(14,15)16/h2-5,11H,6-8H2,1H3. The molecule has 0 aliphatic carbocycles. The summed E-state index contributed by atoms with van der Waals surface area (Å²) in [5.74, 6) is -2.21. The van der Waals surface area contributed by atoms with E-state index in [2.05, 4.69) is 4.84 Å². The minimum Gasteiger partial charge on any atom is -0.378 e. The zero-order valence-electron chi connectivity index (χ0n) is 10.8. The van der Waals surface area contributed by atoms with Crippen LogP contribution in [0.5, 0.6) is 0 Å². The number of carbonyl (C=O) groups excluding carboxylic acids is 1. The Bertz CT molecular complexity index is 473. The maximum atomic E-state index is 12.3. The Balaban J connectivity index is 2.13. The fraction of sp³-hybridized carbons (Fsp3) is 0.462. The van der Waals surface area contributed by atoms with Gasteiger partial charge in [0.1, 0.15) is 0 Å². The minimum absolute atomic E-state index is 0.0976. The number of hydrogen-bond donors (Lipinski definition) is 0. The zero-order valence-corrected chi connectivity index (χ0v) is 10.8. The molecule has 1 unspecified atom stereocenters. The van der Waals surface area contributed by atoms with Gasteiger partial charge in [-0.3, -0.25) is 0 Å². The fourth-order valence-electron chi connectivity index (χ4n) is 1.91. The van der Waals surface area contributed by atoms with E-state index in [0.717, 1.165) is 16.2 Å². The van der Waals surface area contributed by atoms with Crippen molar-refractivity contribution >= 4 is 5.97 Å². The third-order valence-corrected chi connectivity index (χ3v) is 2.97. The lowest BCUT2D eigenvalue weighted by Crippen LogP contribution is -2.43. The van der Waals surface area contributed by atoms with Crippen molar-refractivity contribution in [3.05, 3.63) is 35.4 Å². The lowest BCUT2D eigenvalue weighted by Gasteiger charge is -2.34. The molecule has 4 nitrogen and oxygen atoms in total. The molecule has 0 aromatic heterocycles. The smallest absolute Gasteiger partial charge is 0.378 e. The summed E-state index contributed by atoms with van der Waals surface area (Å²) in [6, 6.07) is 6.71. The van der Waals surface area contributed by atoms with Gasteiger partial charge in [0.15, 0.2) is 0 Å². The van der Waals surface area contributed by atoms with Gasteiger partial charge in [-0.15, -0.1) is 5.06 Å². The van der Waals surface area contributed by atoms with Crippen LogP contribution in [0.1, 0.15) is 17.2 Å². The number of aryl methyl sites for hydroxylation is 1. The second kappa shape index (κ2) is 5.80. The van der Waals surface area contributed by atoms with Crippen LogP contribution in [-0.2, 0) is 14.4 Å². The number of hydroxylamine groups is 2. The predicted molar refractivity (Wildman–Crippen MR) is 63.6 cm³/mol. The van der Waals surface area contributed by atoms with Crippen LogP contribution < -0.4 is 0 Å². The number of rotatable bonds is 2. The van der Waals surface area contributed by atoms with Gasteiger partial charge in [-0.05, 0) is 12.5 Å². The van der Waals surface area contributed by atoms with Crippen LogP contribution in [0.4, 0.5) is 13.2 Å². The molecule has 1 aromatic rings. The molecule has 110 valence electrons.